The van der Waals surface area contributed by atoms with Crippen molar-refractivity contribution in [3.05, 3.63) is 46.3 Å². The van der Waals surface area contributed by atoms with Crippen molar-refractivity contribution >= 4 is 24.4 Å². The summed E-state index contributed by atoms with van der Waals surface area (Å²) in [6.07, 6.45) is 14.7. The molecular weight excluding hydrogens is 409 g/mol. The molecule has 2 aliphatic rings. The van der Waals surface area contributed by atoms with E-state index in [4.69, 9.17) is 0 Å². The fraction of sp³-hybridized carbons (Fsp3) is 0.200. The molecule has 0 aromatic rings. The molecule has 2 rings (SSSR count). The molecule has 0 heterocycles. The number of halogens is 3. The van der Waals surface area contributed by atoms with E-state index in [1.807, 2.05) is 24.3 Å². The Morgan fingerprint density at radius 2 is 2.06 bits per heavy atom. The summed E-state index contributed by atoms with van der Waals surface area (Å²) < 4.78 is 11.2. The summed E-state index contributed by atoms with van der Waals surface area (Å²) in [5.41, 5.74) is 0. The van der Waals surface area contributed by atoms with Crippen LogP contribution in [-0.2, 0) is 30.8 Å². The summed E-state index contributed by atoms with van der Waals surface area (Å²) in [5.74, 6) is 0. The largest absolute Gasteiger partial charge is 3.00 e. The molecule has 0 bridgehead atoms. The number of hydrogen-bond donors (Lipinski definition) is 0. The van der Waals surface area contributed by atoms with Crippen molar-refractivity contribution in [1.82, 2.24) is 0 Å². The number of hydrogen-bond acceptors (Lipinski definition) is 1. The average Bonchev–Trinajstić information content (AvgIpc) is 2.76. The van der Waals surface area contributed by atoms with Crippen molar-refractivity contribution in [3.8, 4) is 0 Å². The third-order valence-electron chi connectivity index (χ3n) is 1.55. The fourth-order valence-electron chi connectivity index (χ4n) is 0.903. The second kappa shape index (κ2) is 14.1. The smallest absolute Gasteiger partial charge is 1.00 e. The molecule has 0 saturated heterocycles. The van der Waals surface area contributed by atoms with Gasteiger partial charge in [0.1, 0.15) is 0 Å². The van der Waals surface area contributed by atoms with Crippen LogP contribution in [0.1, 0.15) is 12.8 Å². The van der Waals surface area contributed by atoms with E-state index in [9.17, 15) is 4.57 Å². The Kier molecular flexibility index (Phi) is 19.5. The molecular formula is C10H10BrCl2OPZr+. The maximum absolute atomic E-state index is 10.2. The van der Waals surface area contributed by atoms with E-state index in [0.717, 1.165) is 22.6 Å². The van der Waals surface area contributed by atoms with Crippen LogP contribution in [0.25, 0.3) is 0 Å². The molecule has 0 aliphatic heterocycles. The van der Waals surface area contributed by atoms with Gasteiger partial charge in [-0.25, -0.2) is 12.2 Å². The van der Waals surface area contributed by atoms with Crippen molar-refractivity contribution in [2.75, 3.05) is 0 Å². The monoisotopic (exact) mass is 416 g/mol. The first-order valence-corrected chi connectivity index (χ1v) is 5.69. The van der Waals surface area contributed by atoms with Crippen LogP contribution < -0.4 is 24.8 Å². The van der Waals surface area contributed by atoms with Crippen molar-refractivity contribution < 1.29 is 55.6 Å². The van der Waals surface area contributed by atoms with E-state index in [1.165, 1.54) is 0 Å². The normalized spacial score (nSPS) is 14.8. The Labute approximate surface area is 138 Å². The summed E-state index contributed by atoms with van der Waals surface area (Å²) in [4.78, 5) is 0. The van der Waals surface area contributed by atoms with Crippen LogP contribution in [0.5, 0.6) is 0 Å². The van der Waals surface area contributed by atoms with Crippen LogP contribution in [-0.4, -0.2) is 0 Å². The third-order valence-corrected chi connectivity index (χ3v) is 2.71. The Morgan fingerprint density at radius 1 is 1.38 bits per heavy atom. The van der Waals surface area contributed by atoms with Gasteiger partial charge in [-0.05, 0) is 0 Å². The zero-order chi connectivity index (χ0) is 9.52. The summed E-state index contributed by atoms with van der Waals surface area (Å²) in [5, 5.41) is 0.997. The van der Waals surface area contributed by atoms with E-state index < -0.39 is 0 Å². The van der Waals surface area contributed by atoms with Crippen LogP contribution >= 0.6 is 24.4 Å². The Morgan fingerprint density at radius 3 is 2.25 bits per heavy atom. The molecule has 2 aliphatic carbocycles. The number of rotatable bonds is 1. The van der Waals surface area contributed by atoms with Crippen LogP contribution in [0.4, 0.5) is 0 Å². The van der Waals surface area contributed by atoms with Crippen LogP contribution in [0.3, 0.4) is 0 Å². The minimum Gasteiger partial charge on any atom is -1.00 e. The van der Waals surface area contributed by atoms with Gasteiger partial charge in [0.25, 0.3) is 0 Å². The molecule has 0 saturated carbocycles. The Balaban J connectivity index is -0.000000189. The van der Waals surface area contributed by atoms with Crippen molar-refractivity contribution in [2.45, 2.75) is 12.8 Å². The van der Waals surface area contributed by atoms with Crippen LogP contribution in [0.15, 0.2) is 40.2 Å². The summed E-state index contributed by atoms with van der Waals surface area (Å²) in [7, 11) is -0.274. The van der Waals surface area contributed by atoms with Gasteiger partial charge in [-0.2, -0.15) is 6.08 Å². The van der Waals surface area contributed by atoms with Crippen molar-refractivity contribution in [3.63, 3.8) is 0 Å². The van der Waals surface area contributed by atoms with Crippen molar-refractivity contribution in [1.29, 1.82) is 0 Å². The van der Waals surface area contributed by atoms with E-state index >= 15 is 0 Å². The average molecular weight is 419 g/mol. The summed E-state index contributed by atoms with van der Waals surface area (Å²) in [6.45, 7) is 0. The maximum atomic E-state index is 10.2. The summed E-state index contributed by atoms with van der Waals surface area (Å²) >= 11 is 3.27. The van der Waals surface area contributed by atoms with Gasteiger partial charge in [0.2, 0.25) is 0 Å². The first-order chi connectivity index (χ1) is 6.33. The molecule has 6 heteroatoms. The van der Waals surface area contributed by atoms with Crippen molar-refractivity contribution in [2.24, 2.45) is 0 Å². The molecule has 1 unspecified atom stereocenters. The van der Waals surface area contributed by atoms with Gasteiger partial charge in [0.15, 0.2) is 5.31 Å². The fourth-order valence-corrected chi connectivity index (χ4v) is 1.95. The Hall–Kier alpha value is 1.00. The second-order valence-electron chi connectivity index (χ2n) is 2.57. The molecule has 0 fully saturated rings. The SMILES string of the molecule is O=[PH+]C1=CC(Br)=CC1.[C-]1=CC=CC1.[Cl-].[Cl-].[Zr+3]. The second-order valence-corrected chi connectivity index (χ2v) is 4.33. The molecule has 0 spiro atoms. The molecule has 0 amide bonds. The van der Waals surface area contributed by atoms with Crippen LogP contribution in [0, 0.1) is 6.08 Å². The number of allylic oxidation sites excluding steroid dienone is 8. The molecule has 85 valence electrons. The molecule has 0 aromatic heterocycles. The predicted octanol–water partition coefficient (Wildman–Crippen LogP) is -2.11. The quantitative estimate of drug-likeness (QED) is 0.352. The van der Waals surface area contributed by atoms with E-state index in [0.29, 0.717) is 0 Å². The molecule has 1 atom stereocenters. The maximum Gasteiger partial charge on any atom is 3.00 e. The predicted molar refractivity (Wildman–Crippen MR) is 60.3 cm³/mol. The van der Waals surface area contributed by atoms with Crippen LogP contribution in [0.2, 0.25) is 0 Å². The molecule has 0 N–H and O–H groups in total. The zero-order valence-corrected chi connectivity index (χ0v) is 14.9. The third kappa shape index (κ3) is 10.2. The molecule has 16 heavy (non-hydrogen) atoms. The van der Waals surface area contributed by atoms with Gasteiger partial charge in [0.05, 0.1) is 0 Å². The zero-order valence-electron chi connectivity index (χ0n) is 8.34. The minimum absolute atomic E-state index is 0. The molecule has 1 radical (unpaired) electrons. The van der Waals surface area contributed by atoms with Gasteiger partial charge >= 0.3 is 34.7 Å². The van der Waals surface area contributed by atoms with Gasteiger partial charge in [-0.15, -0.1) is 6.42 Å². The van der Waals surface area contributed by atoms with Gasteiger partial charge in [0, 0.05) is 17.0 Å². The van der Waals surface area contributed by atoms with E-state index in [2.05, 4.69) is 28.1 Å². The van der Waals surface area contributed by atoms with Gasteiger partial charge < -0.3 is 24.8 Å². The van der Waals surface area contributed by atoms with Gasteiger partial charge in [-0.3, -0.25) is 6.08 Å². The first-order valence-electron chi connectivity index (χ1n) is 3.99. The Bertz CT molecular complexity index is 304. The summed E-state index contributed by atoms with van der Waals surface area (Å²) in [6, 6.07) is 0. The molecule has 1 nitrogen and oxygen atoms in total. The molecule has 0 aromatic carbocycles. The standard InChI is InChI=1S/C5H4BrOP.C5H5.2ClH.Zr/c6-4-1-2-5(3-4)8-7;1-2-4-5-3-1;;;/h1,3H,2H2;1-3H,4H2;2*1H;/q;-1;;;+3/p-1. The van der Waals surface area contributed by atoms with E-state index in [1.54, 1.807) is 0 Å². The van der Waals surface area contributed by atoms with E-state index in [-0.39, 0.29) is 59.5 Å². The minimum atomic E-state index is -0.274. The first kappa shape index (κ1) is 22.2. The topological polar surface area (TPSA) is 17.1 Å². The van der Waals surface area contributed by atoms with Gasteiger partial charge in [-0.1, -0.05) is 26.6 Å².